The van der Waals surface area contributed by atoms with E-state index in [2.05, 4.69) is 5.92 Å². The van der Waals surface area contributed by atoms with E-state index in [4.69, 9.17) is 11.2 Å². The highest BCUT2D eigenvalue weighted by atomic mass is 32.2. The van der Waals surface area contributed by atoms with Gasteiger partial charge in [-0.05, 0) is 24.3 Å². The van der Waals surface area contributed by atoms with Crippen LogP contribution in [0.15, 0.2) is 65.6 Å². The van der Waals surface area contributed by atoms with Crippen molar-refractivity contribution in [2.45, 2.75) is 4.90 Å². The smallest absolute Gasteiger partial charge is 0.244 e. The summed E-state index contributed by atoms with van der Waals surface area (Å²) in [4.78, 5) is 0.227. The SMILES string of the molecule is C#CCN(CCOc1ccccc1)S(=O)(=O)c1ccccc1. The van der Waals surface area contributed by atoms with Gasteiger partial charge in [0.05, 0.1) is 11.4 Å². The van der Waals surface area contributed by atoms with Gasteiger partial charge in [0, 0.05) is 6.54 Å². The summed E-state index contributed by atoms with van der Waals surface area (Å²) in [5, 5.41) is 0. The molecule has 5 heteroatoms. The summed E-state index contributed by atoms with van der Waals surface area (Å²) < 4.78 is 31.9. The van der Waals surface area contributed by atoms with Gasteiger partial charge in [-0.15, -0.1) is 6.42 Å². The van der Waals surface area contributed by atoms with E-state index in [1.54, 1.807) is 30.3 Å². The van der Waals surface area contributed by atoms with E-state index in [1.807, 2.05) is 30.3 Å². The van der Waals surface area contributed by atoms with E-state index in [-0.39, 0.29) is 24.6 Å². The third-order valence-corrected chi connectivity index (χ3v) is 4.86. The standard InChI is InChI=1S/C17H17NO3S/c1-2-13-18(14-15-21-16-9-5-3-6-10-16)22(19,20)17-11-7-4-8-12-17/h1,3-12H,13-15H2. The van der Waals surface area contributed by atoms with Crippen LogP contribution in [0.5, 0.6) is 5.75 Å². The van der Waals surface area contributed by atoms with Crippen molar-refractivity contribution < 1.29 is 13.2 Å². The molecule has 0 atom stereocenters. The molecule has 0 fully saturated rings. The number of benzene rings is 2. The largest absolute Gasteiger partial charge is 0.492 e. The molecule has 0 saturated heterocycles. The Balaban J connectivity index is 2.05. The highest BCUT2D eigenvalue weighted by Crippen LogP contribution is 2.15. The normalized spacial score (nSPS) is 11.1. The molecule has 114 valence electrons. The first-order valence-electron chi connectivity index (χ1n) is 6.81. The average Bonchev–Trinajstić information content (AvgIpc) is 2.56. The molecular formula is C17H17NO3S. The molecule has 0 heterocycles. The maximum atomic E-state index is 12.5. The third-order valence-electron chi connectivity index (χ3n) is 3.00. The quantitative estimate of drug-likeness (QED) is 0.737. The number of ether oxygens (including phenoxy) is 1. The fraction of sp³-hybridized carbons (Fsp3) is 0.176. The van der Waals surface area contributed by atoms with Crippen LogP contribution in [0.1, 0.15) is 0 Å². The monoisotopic (exact) mass is 315 g/mol. The Hall–Kier alpha value is -2.29. The van der Waals surface area contributed by atoms with Crippen LogP contribution >= 0.6 is 0 Å². The summed E-state index contributed by atoms with van der Waals surface area (Å²) in [6.45, 7) is 0.434. The lowest BCUT2D eigenvalue weighted by Crippen LogP contribution is -2.35. The Kier molecular flexibility index (Phi) is 5.59. The zero-order valence-corrected chi connectivity index (χ0v) is 12.9. The van der Waals surface area contributed by atoms with Crippen LogP contribution in [0.4, 0.5) is 0 Å². The van der Waals surface area contributed by atoms with Gasteiger partial charge in [-0.2, -0.15) is 4.31 Å². The Morgan fingerprint density at radius 3 is 2.18 bits per heavy atom. The summed E-state index contributed by atoms with van der Waals surface area (Å²) in [6.07, 6.45) is 5.29. The minimum absolute atomic E-state index is 0.00930. The first-order chi connectivity index (χ1) is 10.6. The van der Waals surface area contributed by atoms with Gasteiger partial charge in [-0.3, -0.25) is 0 Å². The molecule has 2 aromatic carbocycles. The minimum atomic E-state index is -3.61. The first-order valence-corrected chi connectivity index (χ1v) is 8.25. The van der Waals surface area contributed by atoms with Crippen molar-refractivity contribution in [1.82, 2.24) is 4.31 Å². The summed E-state index contributed by atoms with van der Waals surface area (Å²) in [5.74, 6) is 3.08. The van der Waals surface area contributed by atoms with Crippen molar-refractivity contribution in [3.8, 4) is 18.1 Å². The number of para-hydroxylation sites is 1. The van der Waals surface area contributed by atoms with Gasteiger partial charge in [-0.1, -0.05) is 42.3 Å². The summed E-state index contributed by atoms with van der Waals surface area (Å²) in [6, 6.07) is 17.5. The van der Waals surface area contributed by atoms with Crippen molar-refractivity contribution in [1.29, 1.82) is 0 Å². The molecule has 0 spiro atoms. The first kappa shape index (κ1) is 16.1. The van der Waals surface area contributed by atoms with E-state index in [9.17, 15) is 8.42 Å². The molecule has 4 nitrogen and oxygen atoms in total. The number of nitrogens with zero attached hydrogens (tertiary/aromatic N) is 1. The van der Waals surface area contributed by atoms with E-state index in [0.717, 1.165) is 0 Å². The molecule has 2 aromatic rings. The number of hydrogen-bond acceptors (Lipinski definition) is 3. The van der Waals surface area contributed by atoms with E-state index >= 15 is 0 Å². The van der Waals surface area contributed by atoms with Crippen LogP contribution in [-0.4, -0.2) is 32.4 Å². The lowest BCUT2D eigenvalue weighted by atomic mass is 10.3. The topological polar surface area (TPSA) is 46.6 Å². The molecule has 0 aliphatic carbocycles. The Bertz CT molecular complexity index is 722. The molecule has 2 rings (SSSR count). The molecular weight excluding hydrogens is 298 g/mol. The van der Waals surface area contributed by atoms with Crippen molar-refractivity contribution in [2.24, 2.45) is 0 Å². The zero-order valence-electron chi connectivity index (χ0n) is 12.1. The molecule has 0 aliphatic rings. The molecule has 22 heavy (non-hydrogen) atoms. The van der Waals surface area contributed by atoms with Crippen molar-refractivity contribution in [3.63, 3.8) is 0 Å². The molecule has 0 amide bonds. The van der Waals surface area contributed by atoms with Gasteiger partial charge in [0.25, 0.3) is 0 Å². The van der Waals surface area contributed by atoms with Gasteiger partial charge in [0.2, 0.25) is 10.0 Å². The van der Waals surface area contributed by atoms with Crippen molar-refractivity contribution >= 4 is 10.0 Å². The molecule has 0 unspecified atom stereocenters. The van der Waals surface area contributed by atoms with Crippen LogP contribution in [0.2, 0.25) is 0 Å². The molecule has 0 saturated carbocycles. The number of sulfonamides is 1. The number of terminal acetylenes is 1. The lowest BCUT2D eigenvalue weighted by molar-refractivity contribution is 0.281. The Morgan fingerprint density at radius 1 is 1.00 bits per heavy atom. The second-order valence-corrected chi connectivity index (χ2v) is 6.46. The van der Waals surface area contributed by atoms with Crippen molar-refractivity contribution in [3.05, 3.63) is 60.7 Å². The molecule has 0 aromatic heterocycles. The zero-order chi connectivity index (χ0) is 15.8. The molecule has 0 N–H and O–H groups in total. The van der Waals surface area contributed by atoms with Crippen LogP contribution in [-0.2, 0) is 10.0 Å². The number of hydrogen-bond donors (Lipinski definition) is 0. The predicted molar refractivity (Wildman–Crippen MR) is 86.0 cm³/mol. The Labute approximate surface area is 131 Å². The summed E-state index contributed by atoms with van der Waals surface area (Å²) in [7, 11) is -3.61. The van der Waals surface area contributed by atoms with Crippen LogP contribution in [0.25, 0.3) is 0 Å². The van der Waals surface area contributed by atoms with E-state index in [0.29, 0.717) is 5.75 Å². The van der Waals surface area contributed by atoms with Gasteiger partial charge in [0.15, 0.2) is 0 Å². The predicted octanol–water partition coefficient (Wildman–Crippen LogP) is 2.39. The molecule has 0 radical (unpaired) electrons. The maximum Gasteiger partial charge on any atom is 0.244 e. The van der Waals surface area contributed by atoms with Gasteiger partial charge in [-0.25, -0.2) is 8.42 Å². The molecule has 0 bridgehead atoms. The molecule has 0 aliphatic heterocycles. The van der Waals surface area contributed by atoms with Crippen LogP contribution in [0, 0.1) is 12.3 Å². The highest BCUT2D eigenvalue weighted by Gasteiger charge is 2.23. The van der Waals surface area contributed by atoms with Gasteiger partial charge in [0.1, 0.15) is 12.4 Å². The number of rotatable bonds is 7. The van der Waals surface area contributed by atoms with Crippen LogP contribution in [0.3, 0.4) is 0 Å². The minimum Gasteiger partial charge on any atom is -0.492 e. The summed E-state index contributed by atoms with van der Waals surface area (Å²) >= 11 is 0. The fourth-order valence-corrected chi connectivity index (χ4v) is 3.27. The average molecular weight is 315 g/mol. The second kappa shape index (κ2) is 7.64. The highest BCUT2D eigenvalue weighted by molar-refractivity contribution is 7.89. The maximum absolute atomic E-state index is 12.5. The second-order valence-electron chi connectivity index (χ2n) is 4.52. The third kappa shape index (κ3) is 4.10. The van der Waals surface area contributed by atoms with Crippen LogP contribution < -0.4 is 4.74 Å². The lowest BCUT2D eigenvalue weighted by Gasteiger charge is -2.20. The van der Waals surface area contributed by atoms with E-state index < -0.39 is 10.0 Å². The Morgan fingerprint density at radius 2 is 1.59 bits per heavy atom. The van der Waals surface area contributed by atoms with Gasteiger partial charge < -0.3 is 4.74 Å². The summed E-state index contributed by atoms with van der Waals surface area (Å²) in [5.41, 5.74) is 0. The van der Waals surface area contributed by atoms with Gasteiger partial charge >= 0.3 is 0 Å². The van der Waals surface area contributed by atoms with E-state index in [1.165, 1.54) is 4.31 Å². The fourth-order valence-electron chi connectivity index (χ4n) is 1.91. The van der Waals surface area contributed by atoms with Crippen molar-refractivity contribution in [2.75, 3.05) is 19.7 Å².